The lowest BCUT2D eigenvalue weighted by molar-refractivity contribution is -0.870. The van der Waals surface area contributed by atoms with Crippen LogP contribution in [0.2, 0.25) is 0 Å². The number of esters is 2. The molecule has 0 aliphatic carbocycles. The minimum atomic E-state index is -4.42. The Bertz CT molecular complexity index is 2000. The summed E-state index contributed by atoms with van der Waals surface area (Å²) in [4.78, 5) is 35.6. The maximum atomic E-state index is 12.8. The Balaban J connectivity index is 4.16. The van der Waals surface area contributed by atoms with E-state index in [1.165, 1.54) is 38.5 Å². The Morgan fingerprint density at radius 1 is 0.400 bits per heavy atom. The van der Waals surface area contributed by atoms with Gasteiger partial charge < -0.3 is 18.9 Å². The van der Waals surface area contributed by atoms with Crippen molar-refractivity contribution < 1.29 is 42.1 Å². The summed E-state index contributed by atoms with van der Waals surface area (Å²) in [6.07, 6.45) is 91.6. The Morgan fingerprint density at radius 2 is 0.713 bits per heavy atom. The van der Waals surface area contributed by atoms with Crippen molar-refractivity contribution in [1.82, 2.24) is 0 Å². The monoisotopic (exact) mass is 1120 g/mol. The molecule has 0 aliphatic rings. The first kappa shape index (κ1) is 75.1. The molecule has 0 rings (SSSR count). The van der Waals surface area contributed by atoms with Crippen LogP contribution in [0.4, 0.5) is 0 Å². The van der Waals surface area contributed by atoms with Crippen molar-refractivity contribution in [2.45, 2.75) is 200 Å². The summed E-state index contributed by atoms with van der Waals surface area (Å²) in [6.45, 7) is 4.05. The highest BCUT2D eigenvalue weighted by Gasteiger charge is 2.27. The first-order chi connectivity index (χ1) is 39.0. The van der Waals surface area contributed by atoms with Crippen LogP contribution in [0, 0.1) is 0 Å². The van der Waals surface area contributed by atoms with Gasteiger partial charge in [0.05, 0.1) is 34.2 Å². The summed E-state index contributed by atoms with van der Waals surface area (Å²) in [5.41, 5.74) is 0. The van der Waals surface area contributed by atoms with Crippen molar-refractivity contribution >= 4 is 19.8 Å². The van der Waals surface area contributed by atoms with E-state index in [1.54, 1.807) is 6.08 Å². The number of allylic oxidation sites excluding steroid dienone is 29. The predicted octanol–water partition coefficient (Wildman–Crippen LogP) is 19.6. The molecular formula is C70H111NO8P+. The van der Waals surface area contributed by atoms with Crippen LogP contribution in [-0.4, -0.2) is 74.9 Å². The van der Waals surface area contributed by atoms with Gasteiger partial charge in [-0.2, -0.15) is 0 Å². The van der Waals surface area contributed by atoms with Gasteiger partial charge in [-0.05, 0) is 116 Å². The quantitative estimate of drug-likeness (QED) is 0.0211. The third-order valence-corrected chi connectivity index (χ3v) is 12.9. The Kier molecular flexibility index (Phi) is 55.2. The van der Waals surface area contributed by atoms with Crippen molar-refractivity contribution in [3.8, 4) is 0 Å². The molecule has 0 saturated carbocycles. The average molecular weight is 1130 g/mol. The molecule has 0 amide bonds. The SMILES string of the molecule is CC/C=C\C/C=C\C/C=C\C/C=C\C/C=C\C/C=C\C/C=C\C/C=C\C/C=C\C/C=C\CCCCCCCCCCCCC(=O)OC(COC(=O)C/C=C\C/C=C\C/C=C\C/C=C\C/C=C\CC)COP(=O)(O)OCC[N+](C)(C)C. The summed E-state index contributed by atoms with van der Waals surface area (Å²) >= 11 is 0. The first-order valence-electron chi connectivity index (χ1n) is 30.5. The molecule has 0 aromatic heterocycles. The number of phosphoric ester groups is 1. The number of carbonyl (C=O) groups is 2. The van der Waals surface area contributed by atoms with Gasteiger partial charge in [0.25, 0.3) is 0 Å². The minimum Gasteiger partial charge on any atom is -0.461 e. The Labute approximate surface area is 489 Å². The molecule has 2 unspecified atom stereocenters. The molecule has 0 radical (unpaired) electrons. The summed E-state index contributed by atoms with van der Waals surface area (Å²) in [7, 11) is 1.40. The van der Waals surface area contributed by atoms with Crippen molar-refractivity contribution in [2.24, 2.45) is 0 Å². The van der Waals surface area contributed by atoms with Gasteiger partial charge in [-0.3, -0.25) is 18.6 Å². The number of nitrogens with zero attached hydrogens (tertiary/aromatic N) is 1. The van der Waals surface area contributed by atoms with Gasteiger partial charge in [0, 0.05) is 6.42 Å². The fraction of sp³-hybridized carbons (Fsp3) is 0.543. The highest BCUT2D eigenvalue weighted by Crippen LogP contribution is 2.43. The molecule has 10 heteroatoms. The van der Waals surface area contributed by atoms with Gasteiger partial charge in [0.15, 0.2) is 6.10 Å². The number of rotatable bonds is 53. The molecule has 0 spiro atoms. The maximum absolute atomic E-state index is 12.8. The standard InChI is InChI=1S/C70H110NO8P/c1-6-8-10-12-14-16-18-20-22-23-24-25-26-27-28-29-30-31-32-33-34-35-36-37-38-39-40-41-42-43-44-45-46-47-49-51-53-55-57-59-61-63-70(73)79-68(67-78-80(74,75)77-65-64-71(3,4)5)66-76-69(72)62-60-58-56-54-52-50-48-21-19-17-15-13-11-9-7-2/h8-11,14-17,20-22,24-25,27-28,30-31,33-34,36-37,39-40,42-43,48,52,54,58,60,68H,6-7,12-13,18-19,23,26,29,32,35,38,41,44-47,49-51,53,55-57,59,61-67H2,1-5H3/p+1/b10-8-,11-9-,16-14-,17-15-,22-20-,25-24-,28-27-,31-30-,34-33-,37-36-,40-39-,43-42-,48-21-,54-52-,60-58-. The van der Waals surface area contributed by atoms with E-state index in [0.717, 1.165) is 116 Å². The molecule has 0 aromatic rings. The van der Waals surface area contributed by atoms with Crippen LogP contribution in [-0.2, 0) is 32.7 Å². The van der Waals surface area contributed by atoms with Crippen molar-refractivity contribution in [3.63, 3.8) is 0 Å². The first-order valence-corrected chi connectivity index (χ1v) is 32.0. The highest BCUT2D eigenvalue weighted by molar-refractivity contribution is 7.47. The number of unbranched alkanes of at least 4 members (excludes halogenated alkanes) is 10. The van der Waals surface area contributed by atoms with Crippen LogP contribution in [0.3, 0.4) is 0 Å². The van der Waals surface area contributed by atoms with Gasteiger partial charge in [0.2, 0.25) is 0 Å². The van der Waals surface area contributed by atoms with Gasteiger partial charge in [-0.25, -0.2) is 4.57 Å². The topological polar surface area (TPSA) is 108 Å². The molecule has 0 saturated heterocycles. The van der Waals surface area contributed by atoms with Crippen LogP contribution < -0.4 is 0 Å². The van der Waals surface area contributed by atoms with E-state index < -0.39 is 32.5 Å². The second-order valence-electron chi connectivity index (χ2n) is 20.6. The summed E-state index contributed by atoms with van der Waals surface area (Å²) in [5, 5.41) is 0. The molecule has 0 bridgehead atoms. The van der Waals surface area contributed by atoms with Crippen LogP contribution in [0.5, 0.6) is 0 Å². The molecule has 0 heterocycles. The van der Waals surface area contributed by atoms with Crippen LogP contribution >= 0.6 is 7.82 Å². The van der Waals surface area contributed by atoms with Gasteiger partial charge in [-0.15, -0.1) is 0 Å². The fourth-order valence-electron chi connectivity index (χ4n) is 7.35. The van der Waals surface area contributed by atoms with Crippen LogP contribution in [0.1, 0.15) is 194 Å². The number of likely N-dealkylation sites (N-methyl/N-ethyl adjacent to an activating group) is 1. The van der Waals surface area contributed by atoms with Gasteiger partial charge in [-0.1, -0.05) is 247 Å². The van der Waals surface area contributed by atoms with E-state index in [-0.39, 0.29) is 26.1 Å². The maximum Gasteiger partial charge on any atom is 0.472 e. The fourth-order valence-corrected chi connectivity index (χ4v) is 8.09. The third kappa shape index (κ3) is 62.3. The summed E-state index contributed by atoms with van der Waals surface area (Å²) in [5.74, 6) is -0.965. The van der Waals surface area contributed by atoms with E-state index in [0.29, 0.717) is 23.9 Å². The minimum absolute atomic E-state index is 0.00765. The van der Waals surface area contributed by atoms with E-state index in [1.807, 2.05) is 33.3 Å². The van der Waals surface area contributed by atoms with Gasteiger partial charge >= 0.3 is 19.8 Å². The lowest BCUT2D eigenvalue weighted by Gasteiger charge is -2.24. The summed E-state index contributed by atoms with van der Waals surface area (Å²) < 4.78 is 34.4. The molecule has 0 aliphatic heterocycles. The number of carbonyl (C=O) groups excluding carboxylic acids is 2. The normalized spacial score (nSPS) is 14.5. The van der Waals surface area contributed by atoms with Crippen molar-refractivity contribution in [3.05, 3.63) is 182 Å². The smallest absolute Gasteiger partial charge is 0.461 e. The zero-order chi connectivity index (χ0) is 58.4. The molecule has 9 nitrogen and oxygen atoms in total. The molecule has 80 heavy (non-hydrogen) atoms. The van der Waals surface area contributed by atoms with Crippen LogP contribution in [0.25, 0.3) is 0 Å². The number of hydrogen-bond acceptors (Lipinski definition) is 7. The number of hydrogen-bond donors (Lipinski definition) is 1. The highest BCUT2D eigenvalue weighted by atomic mass is 31.2. The molecule has 1 N–H and O–H groups in total. The zero-order valence-corrected chi connectivity index (χ0v) is 51.6. The van der Waals surface area contributed by atoms with E-state index in [4.69, 9.17) is 18.5 Å². The largest absolute Gasteiger partial charge is 0.472 e. The van der Waals surface area contributed by atoms with Crippen LogP contribution in [0.15, 0.2) is 182 Å². The van der Waals surface area contributed by atoms with E-state index >= 15 is 0 Å². The lowest BCUT2D eigenvalue weighted by atomic mass is 10.0. The number of quaternary nitrogens is 1. The van der Waals surface area contributed by atoms with Crippen molar-refractivity contribution in [1.29, 1.82) is 0 Å². The molecule has 448 valence electrons. The number of phosphoric acid groups is 1. The molecule has 0 aromatic carbocycles. The average Bonchev–Trinajstić information content (AvgIpc) is 3.42. The lowest BCUT2D eigenvalue weighted by Crippen LogP contribution is -2.37. The molecule has 0 fully saturated rings. The Hall–Kier alpha value is -4.89. The van der Waals surface area contributed by atoms with E-state index in [9.17, 15) is 19.0 Å². The zero-order valence-electron chi connectivity index (χ0n) is 50.7. The third-order valence-electron chi connectivity index (χ3n) is 12.0. The second-order valence-corrected chi connectivity index (χ2v) is 22.1. The Morgan fingerprint density at radius 3 is 1.06 bits per heavy atom. The second kappa shape index (κ2) is 58.8. The predicted molar refractivity (Wildman–Crippen MR) is 343 cm³/mol. The molecular weight excluding hydrogens is 1010 g/mol. The summed E-state index contributed by atoms with van der Waals surface area (Å²) in [6, 6.07) is 0. The van der Waals surface area contributed by atoms with Crippen molar-refractivity contribution in [2.75, 3.05) is 47.5 Å². The van der Waals surface area contributed by atoms with Gasteiger partial charge in [0.1, 0.15) is 19.8 Å². The number of ether oxygens (including phenoxy) is 2. The molecule has 2 atom stereocenters. The van der Waals surface area contributed by atoms with E-state index in [2.05, 4.69) is 178 Å².